The molecule has 1 amide bonds. The molecule has 0 unspecified atom stereocenters. The van der Waals surface area contributed by atoms with Crippen LogP contribution in [0.25, 0.3) is 0 Å². The summed E-state index contributed by atoms with van der Waals surface area (Å²) in [5, 5.41) is 5.63. The van der Waals surface area contributed by atoms with Crippen LogP contribution in [-0.2, 0) is 20.9 Å². The molecule has 1 aromatic heterocycles. The first kappa shape index (κ1) is 16.1. The van der Waals surface area contributed by atoms with E-state index in [4.69, 9.17) is 14.1 Å². The summed E-state index contributed by atoms with van der Waals surface area (Å²) in [4.78, 5) is 20.2. The Balaban J connectivity index is 1.36. The average molecular weight is 335 g/mol. The Labute approximate surface area is 141 Å². The van der Waals surface area contributed by atoms with Gasteiger partial charge in [-0.15, -0.1) is 0 Å². The van der Waals surface area contributed by atoms with E-state index in [9.17, 15) is 4.79 Å². The Bertz CT molecular complexity index is 584. The van der Waals surface area contributed by atoms with Crippen molar-refractivity contribution in [1.29, 1.82) is 0 Å². The van der Waals surface area contributed by atoms with Crippen molar-refractivity contribution >= 4 is 5.91 Å². The van der Waals surface area contributed by atoms with Crippen molar-refractivity contribution in [3.8, 4) is 0 Å². The van der Waals surface area contributed by atoms with E-state index in [1.54, 1.807) is 0 Å². The molecule has 132 valence electrons. The van der Waals surface area contributed by atoms with Crippen molar-refractivity contribution in [2.24, 2.45) is 17.8 Å². The first-order valence-corrected chi connectivity index (χ1v) is 8.84. The van der Waals surface area contributed by atoms with Crippen LogP contribution < -0.4 is 0 Å². The fraction of sp³-hybridized carbons (Fsp3) is 0.765. The second kappa shape index (κ2) is 6.82. The van der Waals surface area contributed by atoms with Crippen LogP contribution in [0.1, 0.15) is 24.3 Å². The maximum Gasteiger partial charge on any atom is 0.246 e. The highest BCUT2D eigenvalue weighted by Gasteiger charge is 2.42. The lowest BCUT2D eigenvalue weighted by Crippen LogP contribution is -2.38. The van der Waals surface area contributed by atoms with Gasteiger partial charge in [-0.25, -0.2) is 5.06 Å². The van der Waals surface area contributed by atoms with Crippen molar-refractivity contribution in [1.82, 2.24) is 15.1 Å². The number of carbonyl (C=O) groups is 1. The summed E-state index contributed by atoms with van der Waals surface area (Å²) < 4.78 is 10.9. The third kappa shape index (κ3) is 3.34. The number of fused-ring (bicyclic) bond motifs is 1. The van der Waals surface area contributed by atoms with E-state index in [1.165, 1.54) is 5.06 Å². The quantitative estimate of drug-likeness (QED) is 0.824. The minimum atomic E-state index is 0.104. The van der Waals surface area contributed by atoms with E-state index in [2.05, 4.69) is 10.1 Å². The normalized spacial score (nSPS) is 30.7. The molecule has 0 aliphatic carbocycles. The molecule has 7 heteroatoms. The predicted octanol–water partition coefficient (Wildman–Crippen LogP) is 1.23. The minimum Gasteiger partial charge on any atom is -0.381 e. The predicted molar refractivity (Wildman–Crippen MR) is 84.7 cm³/mol. The average Bonchev–Trinajstić information content (AvgIpc) is 3.28. The maximum absolute atomic E-state index is 12.4. The molecule has 4 rings (SSSR count). The second-order valence-corrected chi connectivity index (χ2v) is 7.23. The van der Waals surface area contributed by atoms with Crippen molar-refractivity contribution in [2.75, 3.05) is 39.5 Å². The van der Waals surface area contributed by atoms with Gasteiger partial charge < -0.3 is 9.26 Å². The third-order valence-electron chi connectivity index (χ3n) is 5.37. The Morgan fingerprint density at radius 3 is 3.04 bits per heavy atom. The third-order valence-corrected chi connectivity index (χ3v) is 5.37. The van der Waals surface area contributed by atoms with Crippen LogP contribution in [0.4, 0.5) is 0 Å². The van der Waals surface area contributed by atoms with E-state index < -0.39 is 0 Å². The zero-order chi connectivity index (χ0) is 16.5. The number of hydroxylamine groups is 2. The van der Waals surface area contributed by atoms with Crippen molar-refractivity contribution in [3.05, 3.63) is 17.5 Å². The standard InChI is InChI=1S/C17H25N3O4/c1-12-5-15(18-24-12)8-19-7-14-11-22-10-13(16(14)9-19)6-17(21)20-3-2-4-23-20/h5,13-14,16H,2-4,6-11H2,1H3/t13-,14-,16+/m1/s1. The van der Waals surface area contributed by atoms with Gasteiger partial charge in [0.1, 0.15) is 5.76 Å². The van der Waals surface area contributed by atoms with E-state index in [1.807, 2.05) is 13.0 Å². The summed E-state index contributed by atoms with van der Waals surface area (Å²) in [6, 6.07) is 1.99. The molecule has 1 aromatic rings. The molecular formula is C17H25N3O4. The second-order valence-electron chi connectivity index (χ2n) is 7.23. The van der Waals surface area contributed by atoms with Crippen molar-refractivity contribution < 1.29 is 18.9 Å². The smallest absolute Gasteiger partial charge is 0.246 e. The van der Waals surface area contributed by atoms with Crippen LogP contribution in [0.2, 0.25) is 0 Å². The van der Waals surface area contributed by atoms with Gasteiger partial charge in [0.05, 0.1) is 32.1 Å². The minimum absolute atomic E-state index is 0.104. The molecular weight excluding hydrogens is 310 g/mol. The van der Waals surface area contributed by atoms with Gasteiger partial charge in [-0.1, -0.05) is 5.16 Å². The molecule has 7 nitrogen and oxygen atoms in total. The van der Waals surface area contributed by atoms with Gasteiger partial charge in [-0.2, -0.15) is 0 Å². The summed E-state index contributed by atoms with van der Waals surface area (Å²) >= 11 is 0. The number of likely N-dealkylation sites (tertiary alicyclic amines) is 1. The largest absolute Gasteiger partial charge is 0.381 e. The summed E-state index contributed by atoms with van der Waals surface area (Å²) in [6.07, 6.45) is 1.46. The zero-order valence-corrected chi connectivity index (χ0v) is 14.1. The molecule has 0 radical (unpaired) electrons. The Morgan fingerprint density at radius 1 is 1.38 bits per heavy atom. The maximum atomic E-state index is 12.4. The highest BCUT2D eigenvalue weighted by atomic mass is 16.7. The van der Waals surface area contributed by atoms with Crippen molar-refractivity contribution in [2.45, 2.75) is 26.3 Å². The highest BCUT2D eigenvalue weighted by Crippen LogP contribution is 2.36. The molecule has 0 aromatic carbocycles. The van der Waals surface area contributed by atoms with Crippen molar-refractivity contribution in [3.63, 3.8) is 0 Å². The molecule has 3 atom stereocenters. The number of nitrogens with zero attached hydrogens (tertiary/aromatic N) is 3. The van der Waals surface area contributed by atoms with Crippen LogP contribution in [0.5, 0.6) is 0 Å². The fourth-order valence-corrected chi connectivity index (χ4v) is 4.22. The number of aryl methyl sites for hydroxylation is 1. The number of ether oxygens (including phenoxy) is 1. The summed E-state index contributed by atoms with van der Waals surface area (Å²) in [5.74, 6) is 2.25. The summed E-state index contributed by atoms with van der Waals surface area (Å²) in [7, 11) is 0. The summed E-state index contributed by atoms with van der Waals surface area (Å²) in [6.45, 7) is 7.57. The lowest BCUT2D eigenvalue weighted by molar-refractivity contribution is -0.171. The molecule has 3 aliphatic rings. The van der Waals surface area contributed by atoms with Gasteiger partial charge in [-0.3, -0.25) is 14.5 Å². The number of amides is 1. The van der Waals surface area contributed by atoms with Gasteiger partial charge in [0.25, 0.3) is 0 Å². The Kier molecular flexibility index (Phi) is 4.56. The van der Waals surface area contributed by atoms with Crippen LogP contribution >= 0.6 is 0 Å². The molecule has 0 bridgehead atoms. The topological polar surface area (TPSA) is 68.0 Å². The van der Waals surface area contributed by atoms with E-state index in [0.29, 0.717) is 31.5 Å². The number of rotatable bonds is 4. The van der Waals surface area contributed by atoms with Gasteiger partial charge >= 0.3 is 0 Å². The number of hydrogen-bond acceptors (Lipinski definition) is 6. The number of aromatic nitrogens is 1. The van der Waals surface area contributed by atoms with Crippen LogP contribution in [0, 0.1) is 24.7 Å². The fourth-order valence-electron chi connectivity index (χ4n) is 4.22. The molecule has 4 heterocycles. The van der Waals surface area contributed by atoms with Crippen LogP contribution in [0.15, 0.2) is 10.6 Å². The molecule has 24 heavy (non-hydrogen) atoms. The number of carbonyl (C=O) groups excluding carboxylic acids is 1. The van der Waals surface area contributed by atoms with E-state index in [-0.39, 0.29) is 11.8 Å². The highest BCUT2D eigenvalue weighted by molar-refractivity contribution is 5.75. The lowest BCUT2D eigenvalue weighted by Gasteiger charge is -2.33. The van der Waals surface area contributed by atoms with Gasteiger partial charge in [0, 0.05) is 32.1 Å². The molecule has 3 fully saturated rings. The first-order valence-electron chi connectivity index (χ1n) is 8.84. The molecule has 0 saturated carbocycles. The zero-order valence-electron chi connectivity index (χ0n) is 14.1. The molecule has 0 spiro atoms. The molecule has 3 saturated heterocycles. The summed E-state index contributed by atoms with van der Waals surface area (Å²) in [5.41, 5.74) is 0.977. The van der Waals surface area contributed by atoms with Crippen LogP contribution in [-0.4, -0.2) is 60.5 Å². The SMILES string of the molecule is Cc1cc(CN2C[C@@H]3COC[C@@H](CC(=O)N4CCCO4)[C@@H]3C2)no1. The van der Waals surface area contributed by atoms with Crippen LogP contribution in [0.3, 0.4) is 0 Å². The Hall–Kier alpha value is -1.44. The number of hydrogen-bond donors (Lipinski definition) is 0. The molecule has 3 aliphatic heterocycles. The van der Waals surface area contributed by atoms with Gasteiger partial charge in [-0.05, 0) is 31.1 Å². The first-order chi connectivity index (χ1) is 11.7. The van der Waals surface area contributed by atoms with E-state index >= 15 is 0 Å². The van der Waals surface area contributed by atoms with Gasteiger partial charge in [0.15, 0.2) is 0 Å². The monoisotopic (exact) mass is 335 g/mol. The van der Waals surface area contributed by atoms with E-state index in [0.717, 1.165) is 50.7 Å². The Morgan fingerprint density at radius 2 is 2.29 bits per heavy atom. The lowest BCUT2D eigenvalue weighted by atomic mass is 9.81. The van der Waals surface area contributed by atoms with Gasteiger partial charge in [0.2, 0.25) is 5.91 Å². The molecule has 0 N–H and O–H groups in total.